The number of non-ortho nitro benzene ring substituents is 1. The molecule has 1 aromatic carbocycles. The molecule has 1 aromatic heterocycles. The second-order valence-electron chi connectivity index (χ2n) is 4.28. The van der Waals surface area contributed by atoms with Gasteiger partial charge in [-0.1, -0.05) is 12.1 Å². The molecule has 7 nitrogen and oxygen atoms in total. The minimum absolute atomic E-state index is 0. The van der Waals surface area contributed by atoms with Gasteiger partial charge in [-0.05, 0) is 17.7 Å². The number of guanidine groups is 1. The number of furan rings is 1. The van der Waals surface area contributed by atoms with Crippen molar-refractivity contribution in [2.45, 2.75) is 13.1 Å². The summed E-state index contributed by atoms with van der Waals surface area (Å²) in [6.45, 7) is 1.06. The molecule has 0 fully saturated rings. The van der Waals surface area contributed by atoms with Crippen LogP contribution in [0.25, 0.3) is 0 Å². The zero-order valence-electron chi connectivity index (χ0n) is 12.0. The summed E-state index contributed by atoms with van der Waals surface area (Å²) in [4.78, 5) is 14.3. The largest absolute Gasteiger partial charge is 0.467 e. The molecular weight excluding hydrogens is 399 g/mol. The maximum atomic E-state index is 10.6. The van der Waals surface area contributed by atoms with Crippen LogP contribution in [0.3, 0.4) is 0 Å². The number of nitro groups is 1. The molecule has 0 amide bonds. The SMILES string of the molecule is CN=C(NCc1ccc([N+](=O)[O-])cc1)NCc1ccco1.I. The summed E-state index contributed by atoms with van der Waals surface area (Å²) in [6.07, 6.45) is 1.62. The number of halogens is 1. The van der Waals surface area contributed by atoms with Gasteiger partial charge in [0.05, 0.1) is 17.7 Å². The van der Waals surface area contributed by atoms with E-state index >= 15 is 0 Å². The number of hydrogen-bond acceptors (Lipinski definition) is 4. The van der Waals surface area contributed by atoms with Crippen LogP contribution in [0.5, 0.6) is 0 Å². The van der Waals surface area contributed by atoms with Crippen LogP contribution in [0.2, 0.25) is 0 Å². The highest BCUT2D eigenvalue weighted by Crippen LogP contribution is 2.11. The van der Waals surface area contributed by atoms with Crippen LogP contribution in [0.15, 0.2) is 52.1 Å². The standard InChI is InChI=1S/C14H16N4O3.HI/c1-15-14(17-10-13-3-2-8-21-13)16-9-11-4-6-12(7-5-11)18(19)20;/h2-8H,9-10H2,1H3,(H2,15,16,17);1H. The van der Waals surface area contributed by atoms with Crippen LogP contribution in [0.4, 0.5) is 5.69 Å². The fourth-order valence-electron chi connectivity index (χ4n) is 1.73. The van der Waals surface area contributed by atoms with Crippen LogP contribution in [0, 0.1) is 10.1 Å². The van der Waals surface area contributed by atoms with E-state index in [2.05, 4.69) is 15.6 Å². The predicted octanol–water partition coefficient (Wildman–Crippen LogP) is 2.67. The minimum Gasteiger partial charge on any atom is -0.467 e. The van der Waals surface area contributed by atoms with Gasteiger partial charge < -0.3 is 15.1 Å². The Morgan fingerprint density at radius 2 is 1.91 bits per heavy atom. The van der Waals surface area contributed by atoms with Gasteiger partial charge in [0.25, 0.3) is 5.69 Å². The summed E-state index contributed by atoms with van der Waals surface area (Å²) in [5.41, 5.74) is 1.01. The van der Waals surface area contributed by atoms with E-state index in [1.807, 2.05) is 12.1 Å². The normalized spacial score (nSPS) is 10.7. The highest BCUT2D eigenvalue weighted by atomic mass is 127. The number of hydrogen-bond donors (Lipinski definition) is 2. The first kappa shape index (κ1) is 18.0. The molecule has 0 saturated carbocycles. The lowest BCUT2D eigenvalue weighted by atomic mass is 10.2. The minimum atomic E-state index is -0.416. The number of nitrogens with one attached hydrogen (secondary N) is 2. The first-order valence-electron chi connectivity index (χ1n) is 6.39. The molecule has 1 heterocycles. The van der Waals surface area contributed by atoms with Crippen molar-refractivity contribution in [2.24, 2.45) is 4.99 Å². The Bertz CT molecular complexity index is 612. The van der Waals surface area contributed by atoms with Crippen molar-refractivity contribution in [3.05, 3.63) is 64.1 Å². The number of aliphatic imine (C=N–C) groups is 1. The van der Waals surface area contributed by atoms with E-state index in [0.29, 0.717) is 19.0 Å². The third-order valence-electron chi connectivity index (χ3n) is 2.84. The molecule has 118 valence electrons. The third-order valence-corrected chi connectivity index (χ3v) is 2.84. The van der Waals surface area contributed by atoms with Crippen molar-refractivity contribution >= 4 is 35.6 Å². The molecule has 0 aliphatic carbocycles. The average Bonchev–Trinajstić information content (AvgIpc) is 3.01. The van der Waals surface area contributed by atoms with Gasteiger partial charge in [-0.15, -0.1) is 24.0 Å². The Morgan fingerprint density at radius 1 is 1.23 bits per heavy atom. The van der Waals surface area contributed by atoms with Crippen molar-refractivity contribution < 1.29 is 9.34 Å². The van der Waals surface area contributed by atoms with E-state index in [1.165, 1.54) is 12.1 Å². The van der Waals surface area contributed by atoms with Crippen molar-refractivity contribution in [3.63, 3.8) is 0 Å². The quantitative estimate of drug-likeness (QED) is 0.257. The molecule has 2 aromatic rings. The fraction of sp³-hybridized carbons (Fsp3) is 0.214. The lowest BCUT2D eigenvalue weighted by Gasteiger charge is -2.10. The van der Waals surface area contributed by atoms with Crippen LogP contribution >= 0.6 is 24.0 Å². The molecular formula is C14H17IN4O3. The van der Waals surface area contributed by atoms with Crippen molar-refractivity contribution in [2.75, 3.05) is 7.05 Å². The smallest absolute Gasteiger partial charge is 0.269 e. The van der Waals surface area contributed by atoms with E-state index in [-0.39, 0.29) is 29.7 Å². The molecule has 0 aliphatic heterocycles. The molecule has 0 atom stereocenters. The Balaban J connectivity index is 0.00000242. The topological polar surface area (TPSA) is 92.7 Å². The van der Waals surface area contributed by atoms with Gasteiger partial charge in [0.1, 0.15) is 5.76 Å². The van der Waals surface area contributed by atoms with E-state index < -0.39 is 4.92 Å². The van der Waals surface area contributed by atoms with Crippen molar-refractivity contribution in [1.29, 1.82) is 0 Å². The number of rotatable bonds is 5. The van der Waals surface area contributed by atoms with Gasteiger partial charge in [-0.2, -0.15) is 0 Å². The summed E-state index contributed by atoms with van der Waals surface area (Å²) >= 11 is 0. The Kier molecular flexibility index (Phi) is 7.37. The maximum Gasteiger partial charge on any atom is 0.269 e. The molecule has 0 saturated heterocycles. The Labute approximate surface area is 145 Å². The molecule has 8 heteroatoms. The molecule has 2 rings (SSSR count). The van der Waals surface area contributed by atoms with Gasteiger partial charge >= 0.3 is 0 Å². The number of nitrogens with zero attached hydrogens (tertiary/aromatic N) is 2. The van der Waals surface area contributed by atoms with Gasteiger partial charge in [0, 0.05) is 25.7 Å². The molecule has 0 unspecified atom stereocenters. The van der Waals surface area contributed by atoms with Gasteiger partial charge in [-0.3, -0.25) is 15.1 Å². The van der Waals surface area contributed by atoms with Crippen LogP contribution < -0.4 is 10.6 Å². The summed E-state index contributed by atoms with van der Waals surface area (Å²) < 4.78 is 5.22. The third kappa shape index (κ3) is 5.35. The van der Waals surface area contributed by atoms with Gasteiger partial charge in [0.2, 0.25) is 0 Å². The predicted molar refractivity (Wildman–Crippen MR) is 94.3 cm³/mol. The molecule has 0 bridgehead atoms. The lowest BCUT2D eigenvalue weighted by Crippen LogP contribution is -2.36. The first-order valence-corrected chi connectivity index (χ1v) is 6.39. The Hall–Kier alpha value is -2.10. The number of nitro benzene ring substituents is 1. The fourth-order valence-corrected chi connectivity index (χ4v) is 1.73. The van der Waals surface area contributed by atoms with Crippen LogP contribution in [0.1, 0.15) is 11.3 Å². The molecule has 0 spiro atoms. The van der Waals surface area contributed by atoms with Crippen LogP contribution in [-0.2, 0) is 13.1 Å². The van der Waals surface area contributed by atoms with E-state index in [9.17, 15) is 10.1 Å². The molecule has 2 N–H and O–H groups in total. The zero-order chi connectivity index (χ0) is 15.1. The van der Waals surface area contributed by atoms with Crippen LogP contribution in [-0.4, -0.2) is 17.9 Å². The van der Waals surface area contributed by atoms with E-state index in [1.54, 1.807) is 25.4 Å². The second-order valence-corrected chi connectivity index (χ2v) is 4.28. The first-order chi connectivity index (χ1) is 10.2. The molecule has 0 radical (unpaired) electrons. The summed E-state index contributed by atoms with van der Waals surface area (Å²) in [6, 6.07) is 10.1. The highest BCUT2D eigenvalue weighted by Gasteiger charge is 2.04. The van der Waals surface area contributed by atoms with Gasteiger partial charge in [0.15, 0.2) is 5.96 Å². The second kappa shape index (κ2) is 9.03. The van der Waals surface area contributed by atoms with Gasteiger partial charge in [-0.25, -0.2) is 0 Å². The average molecular weight is 416 g/mol. The van der Waals surface area contributed by atoms with E-state index in [0.717, 1.165) is 11.3 Å². The Morgan fingerprint density at radius 3 is 2.45 bits per heavy atom. The molecule has 0 aliphatic rings. The number of benzene rings is 1. The summed E-state index contributed by atoms with van der Waals surface area (Å²) in [5.74, 6) is 1.44. The monoisotopic (exact) mass is 416 g/mol. The maximum absolute atomic E-state index is 10.6. The molecule has 22 heavy (non-hydrogen) atoms. The van der Waals surface area contributed by atoms with Crippen molar-refractivity contribution in [1.82, 2.24) is 10.6 Å². The zero-order valence-corrected chi connectivity index (χ0v) is 14.3. The lowest BCUT2D eigenvalue weighted by molar-refractivity contribution is -0.384. The summed E-state index contributed by atoms with van der Waals surface area (Å²) in [5, 5.41) is 16.8. The van der Waals surface area contributed by atoms with Crippen molar-refractivity contribution in [3.8, 4) is 0 Å². The van der Waals surface area contributed by atoms with E-state index in [4.69, 9.17) is 4.42 Å². The highest BCUT2D eigenvalue weighted by molar-refractivity contribution is 14.0. The summed E-state index contributed by atoms with van der Waals surface area (Å²) in [7, 11) is 1.67.